The molecule has 0 rings (SSSR count). The molecule has 2 N–H and O–H groups in total. The van der Waals surface area contributed by atoms with Gasteiger partial charge in [0.1, 0.15) is 0 Å². The Morgan fingerprint density at radius 2 is 1.88 bits per heavy atom. The number of carboxylic acid groups (broad SMARTS) is 2. The van der Waals surface area contributed by atoms with E-state index in [2.05, 4.69) is 6.92 Å². The Kier molecular flexibility index (Phi) is 9.11. The fraction of sp³-hybridized carbons (Fsp3) is 0.692. The van der Waals surface area contributed by atoms with Crippen LogP contribution in [0.25, 0.3) is 0 Å². The van der Waals surface area contributed by atoms with E-state index in [1.807, 2.05) is 12.2 Å². The molecular formula is C13H22O4. The summed E-state index contributed by atoms with van der Waals surface area (Å²) in [5.74, 6) is -2.43. The van der Waals surface area contributed by atoms with Crippen LogP contribution in [0.1, 0.15) is 51.9 Å². The molecule has 1 atom stereocenters. The number of carbonyl (C=O) groups is 2. The van der Waals surface area contributed by atoms with Crippen molar-refractivity contribution in [2.24, 2.45) is 5.92 Å². The molecule has 1 unspecified atom stereocenters. The maximum Gasteiger partial charge on any atom is 0.306 e. The Labute approximate surface area is 102 Å². The van der Waals surface area contributed by atoms with Crippen molar-refractivity contribution in [1.82, 2.24) is 0 Å². The molecule has 0 aliphatic carbocycles. The average molecular weight is 242 g/mol. The van der Waals surface area contributed by atoms with Crippen LogP contribution in [0.2, 0.25) is 0 Å². The smallest absolute Gasteiger partial charge is 0.306 e. The van der Waals surface area contributed by atoms with Crippen molar-refractivity contribution in [3.8, 4) is 0 Å². The van der Waals surface area contributed by atoms with Crippen LogP contribution in [0.5, 0.6) is 0 Å². The molecule has 0 spiro atoms. The van der Waals surface area contributed by atoms with E-state index in [1.165, 1.54) is 12.8 Å². The molecule has 0 aliphatic rings. The van der Waals surface area contributed by atoms with Crippen molar-refractivity contribution in [2.45, 2.75) is 51.9 Å². The summed E-state index contributed by atoms with van der Waals surface area (Å²) in [4.78, 5) is 21.2. The lowest BCUT2D eigenvalue weighted by Gasteiger charge is -2.07. The highest BCUT2D eigenvalue weighted by atomic mass is 16.4. The van der Waals surface area contributed by atoms with Gasteiger partial charge in [0, 0.05) is 6.42 Å². The second kappa shape index (κ2) is 9.87. The van der Waals surface area contributed by atoms with Crippen molar-refractivity contribution in [1.29, 1.82) is 0 Å². The summed E-state index contributed by atoms with van der Waals surface area (Å²) in [7, 11) is 0. The first kappa shape index (κ1) is 15.7. The molecule has 0 aromatic carbocycles. The van der Waals surface area contributed by atoms with Gasteiger partial charge in [-0.2, -0.15) is 0 Å². The standard InChI is InChI=1S/C13H22O4/c1-2-3-4-5-6-7-8-11(13(16)17)9-10-12(14)15/h6-7,11H,2-5,8-10H2,1H3,(H,14,15)(H,16,17). The minimum Gasteiger partial charge on any atom is -0.481 e. The predicted molar refractivity (Wildman–Crippen MR) is 65.9 cm³/mol. The Morgan fingerprint density at radius 3 is 2.41 bits per heavy atom. The molecule has 98 valence electrons. The fourth-order valence-electron chi connectivity index (χ4n) is 1.53. The first-order valence-corrected chi connectivity index (χ1v) is 6.17. The van der Waals surface area contributed by atoms with E-state index in [0.29, 0.717) is 6.42 Å². The van der Waals surface area contributed by atoms with Crippen LogP contribution in [-0.2, 0) is 9.59 Å². The summed E-state index contributed by atoms with van der Waals surface area (Å²) in [6.45, 7) is 2.13. The van der Waals surface area contributed by atoms with E-state index in [9.17, 15) is 9.59 Å². The van der Waals surface area contributed by atoms with E-state index in [-0.39, 0.29) is 12.8 Å². The molecule has 0 saturated heterocycles. The van der Waals surface area contributed by atoms with Gasteiger partial charge >= 0.3 is 11.9 Å². The molecule has 0 aliphatic heterocycles. The van der Waals surface area contributed by atoms with Crippen molar-refractivity contribution < 1.29 is 19.8 Å². The van der Waals surface area contributed by atoms with Crippen LogP contribution >= 0.6 is 0 Å². The molecule has 0 fully saturated rings. The molecule has 0 aromatic heterocycles. The molecule has 0 aromatic rings. The SMILES string of the molecule is CCCCCC=CCC(CCC(=O)O)C(=O)O. The largest absolute Gasteiger partial charge is 0.481 e. The first-order valence-electron chi connectivity index (χ1n) is 6.17. The lowest BCUT2D eigenvalue weighted by atomic mass is 9.99. The number of hydrogen-bond acceptors (Lipinski definition) is 2. The Bertz CT molecular complexity index is 258. The number of unbranched alkanes of at least 4 members (excludes halogenated alkanes) is 3. The van der Waals surface area contributed by atoms with Gasteiger partial charge in [-0.05, 0) is 25.7 Å². The zero-order chi connectivity index (χ0) is 13.1. The van der Waals surface area contributed by atoms with Gasteiger partial charge in [-0.25, -0.2) is 0 Å². The van der Waals surface area contributed by atoms with E-state index in [4.69, 9.17) is 10.2 Å². The highest BCUT2D eigenvalue weighted by molar-refractivity contribution is 5.72. The van der Waals surface area contributed by atoms with Gasteiger partial charge in [-0.1, -0.05) is 31.9 Å². The Hall–Kier alpha value is -1.32. The van der Waals surface area contributed by atoms with Crippen LogP contribution in [0, 0.1) is 5.92 Å². The summed E-state index contributed by atoms with van der Waals surface area (Å²) < 4.78 is 0. The number of aliphatic carboxylic acids is 2. The summed E-state index contributed by atoms with van der Waals surface area (Å²) in [5.41, 5.74) is 0. The van der Waals surface area contributed by atoms with Crippen LogP contribution in [0.4, 0.5) is 0 Å². The van der Waals surface area contributed by atoms with E-state index >= 15 is 0 Å². The summed E-state index contributed by atoms with van der Waals surface area (Å²) in [6, 6.07) is 0. The minimum absolute atomic E-state index is 0.0827. The maximum atomic E-state index is 10.9. The number of carboxylic acids is 2. The number of allylic oxidation sites excluding steroid dienone is 2. The lowest BCUT2D eigenvalue weighted by Crippen LogP contribution is -2.14. The van der Waals surface area contributed by atoms with Gasteiger partial charge < -0.3 is 10.2 Å². The summed E-state index contributed by atoms with van der Waals surface area (Å²) in [6.07, 6.45) is 8.84. The number of rotatable bonds is 10. The fourth-order valence-corrected chi connectivity index (χ4v) is 1.53. The third-order valence-corrected chi connectivity index (χ3v) is 2.62. The van der Waals surface area contributed by atoms with Crippen molar-refractivity contribution in [3.05, 3.63) is 12.2 Å². The molecular weight excluding hydrogens is 220 g/mol. The molecule has 0 heterocycles. The third-order valence-electron chi connectivity index (χ3n) is 2.62. The highest BCUT2D eigenvalue weighted by Crippen LogP contribution is 2.13. The van der Waals surface area contributed by atoms with Gasteiger partial charge in [0.15, 0.2) is 0 Å². The van der Waals surface area contributed by atoms with E-state index in [0.717, 1.165) is 12.8 Å². The topological polar surface area (TPSA) is 74.6 Å². The third kappa shape index (κ3) is 9.60. The van der Waals surface area contributed by atoms with Gasteiger partial charge in [0.2, 0.25) is 0 Å². The first-order chi connectivity index (χ1) is 8.07. The predicted octanol–water partition coefficient (Wildman–Crippen LogP) is 3.08. The van der Waals surface area contributed by atoms with Crippen molar-refractivity contribution >= 4 is 11.9 Å². The van der Waals surface area contributed by atoms with Gasteiger partial charge in [-0.15, -0.1) is 0 Å². The molecule has 4 heteroatoms. The second-order valence-electron chi connectivity index (χ2n) is 4.17. The van der Waals surface area contributed by atoms with E-state index < -0.39 is 17.9 Å². The number of hydrogen-bond donors (Lipinski definition) is 2. The molecule has 0 saturated carbocycles. The molecule has 17 heavy (non-hydrogen) atoms. The molecule has 0 amide bonds. The van der Waals surface area contributed by atoms with Gasteiger partial charge in [0.25, 0.3) is 0 Å². The van der Waals surface area contributed by atoms with Crippen molar-refractivity contribution in [2.75, 3.05) is 0 Å². The normalized spacial score (nSPS) is 12.8. The highest BCUT2D eigenvalue weighted by Gasteiger charge is 2.16. The second-order valence-corrected chi connectivity index (χ2v) is 4.17. The van der Waals surface area contributed by atoms with Crippen molar-refractivity contribution in [3.63, 3.8) is 0 Å². The zero-order valence-corrected chi connectivity index (χ0v) is 10.4. The van der Waals surface area contributed by atoms with Crippen LogP contribution in [0.3, 0.4) is 0 Å². The van der Waals surface area contributed by atoms with Crippen LogP contribution in [-0.4, -0.2) is 22.2 Å². The molecule has 0 radical (unpaired) electrons. The summed E-state index contributed by atoms with van der Waals surface area (Å²) in [5, 5.41) is 17.4. The minimum atomic E-state index is -0.942. The van der Waals surface area contributed by atoms with Crippen LogP contribution in [0.15, 0.2) is 12.2 Å². The Balaban J connectivity index is 3.84. The van der Waals surface area contributed by atoms with Gasteiger partial charge in [-0.3, -0.25) is 9.59 Å². The van der Waals surface area contributed by atoms with Gasteiger partial charge in [0.05, 0.1) is 5.92 Å². The molecule has 4 nitrogen and oxygen atoms in total. The Morgan fingerprint density at radius 1 is 1.18 bits per heavy atom. The molecule has 0 bridgehead atoms. The monoisotopic (exact) mass is 242 g/mol. The quantitative estimate of drug-likeness (QED) is 0.456. The van der Waals surface area contributed by atoms with E-state index in [1.54, 1.807) is 0 Å². The van der Waals surface area contributed by atoms with Crippen LogP contribution < -0.4 is 0 Å². The average Bonchev–Trinajstić information content (AvgIpc) is 2.26. The lowest BCUT2D eigenvalue weighted by molar-refractivity contribution is -0.142. The summed E-state index contributed by atoms with van der Waals surface area (Å²) >= 11 is 0. The maximum absolute atomic E-state index is 10.9. The zero-order valence-electron chi connectivity index (χ0n) is 10.4.